The summed E-state index contributed by atoms with van der Waals surface area (Å²) in [5, 5.41) is 0. The van der Waals surface area contributed by atoms with Crippen molar-refractivity contribution in [3.63, 3.8) is 0 Å². The van der Waals surface area contributed by atoms with Gasteiger partial charge in [-0.15, -0.1) is 0 Å². The van der Waals surface area contributed by atoms with Crippen molar-refractivity contribution in [2.45, 2.75) is 25.3 Å². The summed E-state index contributed by atoms with van der Waals surface area (Å²) in [5.74, 6) is 0.323. The molecule has 2 aliphatic rings. The van der Waals surface area contributed by atoms with Crippen LogP contribution < -0.4 is 0 Å². The summed E-state index contributed by atoms with van der Waals surface area (Å²) < 4.78 is 0. The minimum atomic E-state index is -0.0864. The fraction of sp³-hybridized carbons (Fsp3) is 0.333. The van der Waals surface area contributed by atoms with Crippen LogP contribution in [0.5, 0.6) is 0 Å². The Kier molecular flexibility index (Phi) is 5.24. The van der Waals surface area contributed by atoms with Crippen molar-refractivity contribution in [2.75, 3.05) is 19.6 Å². The molecular weight excluding hydrogens is 390 g/mol. The number of aromatic nitrogens is 3. The smallest absolute Gasteiger partial charge is 0.256 e. The molecule has 1 N–H and O–H groups in total. The molecule has 0 radical (unpaired) electrons. The number of nitrogens with one attached hydrogen (secondary N) is 1. The van der Waals surface area contributed by atoms with Gasteiger partial charge < -0.3 is 14.8 Å². The highest BCUT2D eigenvalue weighted by atomic mass is 16.2. The molecule has 1 fully saturated rings. The van der Waals surface area contributed by atoms with Gasteiger partial charge in [-0.1, -0.05) is 18.2 Å². The van der Waals surface area contributed by atoms with Crippen LogP contribution in [0.3, 0.4) is 0 Å². The number of rotatable bonds is 3. The number of nitrogens with zero attached hydrogens (tertiary/aromatic N) is 4. The summed E-state index contributed by atoms with van der Waals surface area (Å²) in [6, 6.07) is 12.9. The Labute approximate surface area is 181 Å². The number of piperidine rings is 1. The lowest BCUT2D eigenvalue weighted by molar-refractivity contribution is 0.0431. The van der Waals surface area contributed by atoms with Gasteiger partial charge >= 0.3 is 0 Å². The van der Waals surface area contributed by atoms with E-state index in [0.29, 0.717) is 25.2 Å². The topological polar surface area (TPSA) is 82.2 Å². The lowest BCUT2D eigenvalue weighted by Gasteiger charge is -2.43. The van der Waals surface area contributed by atoms with Crippen molar-refractivity contribution in [1.82, 2.24) is 24.8 Å². The number of carbonyl (C=O) groups excluding carboxylic acids is 2. The highest BCUT2D eigenvalue weighted by molar-refractivity contribution is 5.95. The highest BCUT2D eigenvalue weighted by Gasteiger charge is 2.40. The third-order valence-corrected chi connectivity index (χ3v) is 6.43. The van der Waals surface area contributed by atoms with Gasteiger partial charge in [0, 0.05) is 49.7 Å². The molecule has 1 saturated heterocycles. The summed E-state index contributed by atoms with van der Waals surface area (Å²) in [5.41, 5.74) is 3.41. The molecule has 4 heterocycles. The lowest BCUT2D eigenvalue weighted by Crippen LogP contribution is -2.47. The number of pyridine rings is 1. The van der Waals surface area contributed by atoms with Crippen LogP contribution in [-0.4, -0.2) is 56.2 Å². The van der Waals surface area contributed by atoms with Gasteiger partial charge in [-0.3, -0.25) is 14.6 Å². The summed E-state index contributed by atoms with van der Waals surface area (Å²) in [6.07, 6.45) is 7.47. The summed E-state index contributed by atoms with van der Waals surface area (Å²) in [6.45, 7) is 2.02. The number of aromatic amines is 1. The summed E-state index contributed by atoms with van der Waals surface area (Å²) >= 11 is 0. The Balaban J connectivity index is 1.36. The quantitative estimate of drug-likeness (QED) is 0.713. The predicted octanol–water partition coefficient (Wildman–Crippen LogP) is 3.10. The number of amides is 2. The molecule has 1 atom stereocenters. The van der Waals surface area contributed by atoms with E-state index in [-0.39, 0.29) is 23.8 Å². The Hall–Kier alpha value is -3.48. The number of carbonyl (C=O) groups is 2. The first-order chi connectivity index (χ1) is 15.2. The molecule has 1 aromatic carbocycles. The Bertz CT molecular complexity index is 1060. The van der Waals surface area contributed by atoms with Crippen LogP contribution in [0.15, 0.2) is 61.2 Å². The van der Waals surface area contributed by atoms with Crippen molar-refractivity contribution in [3.8, 4) is 0 Å². The molecule has 3 aromatic rings. The van der Waals surface area contributed by atoms with Gasteiger partial charge in [-0.2, -0.15) is 0 Å². The molecule has 158 valence electrons. The SMILES string of the molecule is O=C(c1ccccc1)N1CCC(C2c3nc[nH]c3CCN2C(=O)c2cccnc2)CC1. The van der Waals surface area contributed by atoms with E-state index in [2.05, 4.69) is 15.0 Å². The van der Waals surface area contributed by atoms with Crippen molar-refractivity contribution < 1.29 is 9.59 Å². The monoisotopic (exact) mass is 415 g/mol. The van der Waals surface area contributed by atoms with Crippen LogP contribution in [0.4, 0.5) is 0 Å². The molecule has 7 nitrogen and oxygen atoms in total. The van der Waals surface area contributed by atoms with E-state index in [4.69, 9.17) is 0 Å². The van der Waals surface area contributed by atoms with E-state index in [1.807, 2.05) is 46.2 Å². The standard InChI is InChI=1S/C24H25N5O2/c30-23(18-5-2-1-3-6-18)28-12-8-17(9-13-28)22-21-20(26-16-27-21)10-14-29(22)24(31)19-7-4-11-25-15-19/h1-7,11,15-17,22H,8-10,12-14H2,(H,26,27). The van der Waals surface area contributed by atoms with Gasteiger partial charge in [0.25, 0.3) is 11.8 Å². The van der Waals surface area contributed by atoms with E-state index in [1.54, 1.807) is 24.8 Å². The van der Waals surface area contributed by atoms with Crippen molar-refractivity contribution >= 4 is 11.8 Å². The largest absolute Gasteiger partial charge is 0.348 e. The first kappa shape index (κ1) is 19.5. The second-order valence-corrected chi connectivity index (χ2v) is 8.20. The average Bonchev–Trinajstić information content (AvgIpc) is 3.33. The number of hydrogen-bond donors (Lipinski definition) is 1. The van der Waals surface area contributed by atoms with E-state index in [0.717, 1.165) is 36.2 Å². The van der Waals surface area contributed by atoms with Crippen LogP contribution in [0.1, 0.15) is 51.0 Å². The van der Waals surface area contributed by atoms with E-state index in [9.17, 15) is 9.59 Å². The van der Waals surface area contributed by atoms with Crippen molar-refractivity contribution in [2.24, 2.45) is 5.92 Å². The molecule has 0 spiro atoms. The number of likely N-dealkylation sites (tertiary alicyclic amines) is 1. The second-order valence-electron chi connectivity index (χ2n) is 8.20. The number of hydrogen-bond acceptors (Lipinski definition) is 4. The minimum absolute atomic E-state index is 0.00505. The van der Waals surface area contributed by atoms with Gasteiger partial charge in [0.15, 0.2) is 0 Å². The maximum atomic E-state index is 13.3. The number of benzene rings is 1. The zero-order chi connectivity index (χ0) is 21.2. The van der Waals surface area contributed by atoms with Crippen molar-refractivity contribution in [1.29, 1.82) is 0 Å². The third kappa shape index (κ3) is 3.71. The fourth-order valence-electron chi connectivity index (χ4n) is 4.85. The zero-order valence-electron chi connectivity index (χ0n) is 17.3. The fourth-order valence-corrected chi connectivity index (χ4v) is 4.85. The summed E-state index contributed by atoms with van der Waals surface area (Å²) in [4.78, 5) is 42.0. The molecule has 0 bridgehead atoms. The zero-order valence-corrected chi connectivity index (χ0v) is 17.3. The Morgan fingerprint density at radius 2 is 1.71 bits per heavy atom. The highest BCUT2D eigenvalue weighted by Crippen LogP contribution is 2.39. The second kappa shape index (κ2) is 8.34. The van der Waals surface area contributed by atoms with Gasteiger partial charge in [0.1, 0.15) is 0 Å². The molecule has 2 aromatic heterocycles. The molecule has 0 saturated carbocycles. The van der Waals surface area contributed by atoms with Crippen LogP contribution in [0.25, 0.3) is 0 Å². The maximum Gasteiger partial charge on any atom is 0.256 e. The first-order valence-corrected chi connectivity index (χ1v) is 10.8. The molecule has 0 aliphatic carbocycles. The molecular formula is C24H25N5O2. The Morgan fingerprint density at radius 3 is 2.45 bits per heavy atom. The van der Waals surface area contributed by atoms with E-state index in [1.165, 1.54) is 0 Å². The number of imidazole rings is 1. The van der Waals surface area contributed by atoms with Gasteiger partial charge in [-0.25, -0.2) is 4.98 Å². The van der Waals surface area contributed by atoms with Gasteiger partial charge in [-0.05, 0) is 43.0 Å². The Morgan fingerprint density at radius 1 is 0.935 bits per heavy atom. The first-order valence-electron chi connectivity index (χ1n) is 10.8. The van der Waals surface area contributed by atoms with Gasteiger partial charge in [0.05, 0.1) is 23.6 Å². The van der Waals surface area contributed by atoms with E-state index < -0.39 is 0 Å². The molecule has 2 amide bonds. The van der Waals surface area contributed by atoms with Crippen LogP contribution in [-0.2, 0) is 6.42 Å². The predicted molar refractivity (Wildman–Crippen MR) is 115 cm³/mol. The maximum absolute atomic E-state index is 13.3. The van der Waals surface area contributed by atoms with Crippen LogP contribution in [0, 0.1) is 5.92 Å². The number of fused-ring (bicyclic) bond motifs is 1. The molecule has 1 unspecified atom stereocenters. The van der Waals surface area contributed by atoms with Gasteiger partial charge in [0.2, 0.25) is 0 Å². The third-order valence-electron chi connectivity index (χ3n) is 6.43. The molecule has 7 heteroatoms. The van der Waals surface area contributed by atoms with Crippen LogP contribution in [0.2, 0.25) is 0 Å². The van der Waals surface area contributed by atoms with Crippen LogP contribution >= 0.6 is 0 Å². The average molecular weight is 415 g/mol. The lowest BCUT2D eigenvalue weighted by atomic mass is 9.83. The molecule has 2 aliphatic heterocycles. The molecule has 5 rings (SSSR count). The normalized spacial score (nSPS) is 19.2. The molecule has 31 heavy (non-hydrogen) atoms. The minimum Gasteiger partial charge on any atom is -0.348 e. The summed E-state index contributed by atoms with van der Waals surface area (Å²) in [7, 11) is 0. The van der Waals surface area contributed by atoms with E-state index >= 15 is 0 Å². The number of H-pyrrole nitrogens is 1. The van der Waals surface area contributed by atoms with Crippen molar-refractivity contribution in [3.05, 3.63) is 83.7 Å².